The number of amides is 1. The van der Waals surface area contributed by atoms with Crippen molar-refractivity contribution in [3.63, 3.8) is 0 Å². The molecule has 0 aliphatic carbocycles. The number of ether oxygens (including phenoxy) is 2. The van der Waals surface area contributed by atoms with Crippen molar-refractivity contribution in [3.8, 4) is 5.75 Å². The van der Waals surface area contributed by atoms with Gasteiger partial charge in [-0.3, -0.25) is 4.79 Å². The van der Waals surface area contributed by atoms with E-state index in [0.29, 0.717) is 11.4 Å². The van der Waals surface area contributed by atoms with E-state index in [9.17, 15) is 9.59 Å². The molecule has 0 atom stereocenters. The molecule has 0 radical (unpaired) electrons. The lowest BCUT2D eigenvalue weighted by Crippen LogP contribution is -2.20. The maximum Gasteiger partial charge on any atom is 0.331 e. The van der Waals surface area contributed by atoms with E-state index in [0.717, 1.165) is 10.4 Å². The Morgan fingerprint density at radius 3 is 2.74 bits per heavy atom. The van der Waals surface area contributed by atoms with Crippen LogP contribution in [-0.2, 0) is 14.3 Å². The first-order valence-corrected chi connectivity index (χ1v) is 7.80. The first-order valence-electron chi connectivity index (χ1n) is 6.92. The summed E-state index contributed by atoms with van der Waals surface area (Å²) in [6.07, 6.45) is 3.00. The van der Waals surface area contributed by atoms with E-state index >= 15 is 0 Å². The summed E-state index contributed by atoms with van der Waals surface area (Å²) in [7, 11) is 1.52. The topological polar surface area (TPSA) is 64.6 Å². The summed E-state index contributed by atoms with van der Waals surface area (Å²) < 4.78 is 10.0. The molecule has 0 saturated carbocycles. The number of carbonyl (C=O) groups excluding carboxylic acids is 2. The molecule has 1 N–H and O–H groups in total. The Balaban J connectivity index is 1.83. The van der Waals surface area contributed by atoms with Crippen molar-refractivity contribution < 1.29 is 19.1 Å². The van der Waals surface area contributed by atoms with Gasteiger partial charge in [-0.25, -0.2) is 4.79 Å². The second kappa shape index (κ2) is 8.14. The second-order valence-electron chi connectivity index (χ2n) is 4.66. The molecule has 0 bridgehead atoms. The Morgan fingerprint density at radius 1 is 1.26 bits per heavy atom. The third-order valence-corrected chi connectivity index (χ3v) is 3.98. The molecule has 2 rings (SSSR count). The van der Waals surface area contributed by atoms with Crippen molar-refractivity contribution in [1.29, 1.82) is 0 Å². The van der Waals surface area contributed by atoms with Gasteiger partial charge in [-0.1, -0.05) is 12.1 Å². The monoisotopic (exact) mass is 331 g/mol. The van der Waals surface area contributed by atoms with Crippen LogP contribution >= 0.6 is 11.3 Å². The van der Waals surface area contributed by atoms with Gasteiger partial charge in [0.05, 0.1) is 12.8 Å². The first-order chi connectivity index (χ1) is 11.1. The van der Waals surface area contributed by atoms with Crippen LogP contribution in [0.5, 0.6) is 5.75 Å². The quantitative estimate of drug-likeness (QED) is 0.652. The van der Waals surface area contributed by atoms with Crippen LogP contribution < -0.4 is 10.1 Å². The summed E-state index contributed by atoms with van der Waals surface area (Å²) in [6, 6.07) is 8.98. The number of benzene rings is 1. The highest BCUT2D eigenvalue weighted by molar-refractivity contribution is 7.11. The summed E-state index contributed by atoms with van der Waals surface area (Å²) in [5.74, 6) is -0.447. The number of rotatable bonds is 6. The number of hydrogen-bond acceptors (Lipinski definition) is 5. The minimum absolute atomic E-state index is 0.357. The van der Waals surface area contributed by atoms with Crippen molar-refractivity contribution in [2.24, 2.45) is 0 Å². The fourth-order valence-corrected chi connectivity index (χ4v) is 2.64. The van der Waals surface area contributed by atoms with Gasteiger partial charge < -0.3 is 14.8 Å². The van der Waals surface area contributed by atoms with Crippen molar-refractivity contribution in [2.45, 2.75) is 6.92 Å². The number of carbonyl (C=O) groups is 2. The molecule has 0 unspecified atom stereocenters. The summed E-state index contributed by atoms with van der Waals surface area (Å²) >= 11 is 1.53. The van der Waals surface area contributed by atoms with Gasteiger partial charge in [0.2, 0.25) is 0 Å². The van der Waals surface area contributed by atoms with E-state index in [-0.39, 0.29) is 6.61 Å². The minimum Gasteiger partial charge on any atom is -0.495 e. The van der Waals surface area contributed by atoms with E-state index in [4.69, 9.17) is 9.47 Å². The number of esters is 1. The van der Waals surface area contributed by atoms with Crippen LogP contribution in [0.15, 0.2) is 41.8 Å². The van der Waals surface area contributed by atoms with Crippen molar-refractivity contribution >= 4 is 35.0 Å². The number of methoxy groups -OCH3 is 1. The molecule has 0 fully saturated rings. The molecular weight excluding hydrogens is 314 g/mol. The first kappa shape index (κ1) is 16.8. The Bertz CT molecular complexity index is 721. The van der Waals surface area contributed by atoms with Crippen LogP contribution in [0.25, 0.3) is 6.08 Å². The number of hydrogen-bond donors (Lipinski definition) is 1. The molecule has 5 nitrogen and oxygen atoms in total. The molecule has 0 spiro atoms. The van der Waals surface area contributed by atoms with Crippen LogP contribution in [0.4, 0.5) is 5.69 Å². The summed E-state index contributed by atoms with van der Waals surface area (Å²) in [6.45, 7) is 1.60. The Kier molecular flexibility index (Phi) is 5.94. The Hall–Kier alpha value is -2.60. The number of para-hydroxylation sites is 2. The molecule has 2 aromatic rings. The molecule has 0 aliphatic rings. The number of nitrogens with one attached hydrogen (secondary N) is 1. The molecule has 6 heteroatoms. The molecule has 1 aromatic heterocycles. The Morgan fingerprint density at radius 2 is 2.04 bits per heavy atom. The number of anilines is 1. The average Bonchev–Trinajstić information content (AvgIpc) is 2.96. The standard InChI is InChI=1S/C17H17NO4S/c1-12-9-10-23-15(12)7-8-17(20)22-11-16(19)18-13-5-3-4-6-14(13)21-2/h3-10H,11H2,1-2H3,(H,18,19)/b8-7+. The van der Waals surface area contributed by atoms with Crippen molar-refractivity contribution in [2.75, 3.05) is 19.0 Å². The molecular formula is C17H17NO4S. The average molecular weight is 331 g/mol. The number of thiophene rings is 1. The van der Waals surface area contributed by atoms with Crippen LogP contribution in [0.1, 0.15) is 10.4 Å². The zero-order valence-corrected chi connectivity index (χ0v) is 13.7. The van der Waals surface area contributed by atoms with E-state index in [1.54, 1.807) is 30.3 Å². The van der Waals surface area contributed by atoms with Crippen LogP contribution in [0.2, 0.25) is 0 Å². The fourth-order valence-electron chi connectivity index (χ4n) is 1.82. The normalized spacial score (nSPS) is 10.5. The van der Waals surface area contributed by atoms with Gasteiger partial charge in [-0.2, -0.15) is 0 Å². The fraction of sp³-hybridized carbons (Fsp3) is 0.176. The van der Waals surface area contributed by atoms with Gasteiger partial charge in [-0.05, 0) is 42.1 Å². The number of aryl methyl sites for hydroxylation is 1. The van der Waals surface area contributed by atoms with Gasteiger partial charge in [-0.15, -0.1) is 11.3 Å². The lowest BCUT2D eigenvalue weighted by molar-refractivity contribution is -0.142. The van der Waals surface area contributed by atoms with Gasteiger partial charge in [0.15, 0.2) is 6.61 Å². The highest BCUT2D eigenvalue weighted by Crippen LogP contribution is 2.22. The Labute approximate surface area is 138 Å². The van der Waals surface area contributed by atoms with E-state index in [1.165, 1.54) is 24.5 Å². The highest BCUT2D eigenvalue weighted by Gasteiger charge is 2.09. The minimum atomic E-state index is -0.562. The van der Waals surface area contributed by atoms with Crippen molar-refractivity contribution in [3.05, 3.63) is 52.2 Å². The molecule has 0 saturated heterocycles. The van der Waals surface area contributed by atoms with Gasteiger partial charge in [0.1, 0.15) is 5.75 Å². The second-order valence-corrected chi connectivity index (χ2v) is 5.61. The molecule has 1 amide bonds. The highest BCUT2D eigenvalue weighted by atomic mass is 32.1. The predicted molar refractivity (Wildman–Crippen MR) is 90.7 cm³/mol. The largest absolute Gasteiger partial charge is 0.495 e. The van der Waals surface area contributed by atoms with Gasteiger partial charge in [0, 0.05) is 11.0 Å². The summed E-state index contributed by atoms with van der Waals surface area (Å²) in [5.41, 5.74) is 1.62. The van der Waals surface area contributed by atoms with Gasteiger partial charge >= 0.3 is 5.97 Å². The predicted octanol–water partition coefficient (Wildman–Crippen LogP) is 3.26. The van der Waals surface area contributed by atoms with E-state index in [1.807, 2.05) is 18.4 Å². The maximum atomic E-state index is 11.8. The molecule has 1 aromatic carbocycles. The zero-order chi connectivity index (χ0) is 16.7. The van der Waals surface area contributed by atoms with Crippen LogP contribution in [-0.4, -0.2) is 25.6 Å². The molecule has 120 valence electrons. The molecule has 23 heavy (non-hydrogen) atoms. The lowest BCUT2D eigenvalue weighted by atomic mass is 10.3. The third kappa shape index (κ3) is 4.96. The smallest absolute Gasteiger partial charge is 0.331 e. The maximum absolute atomic E-state index is 11.8. The molecule has 1 heterocycles. The SMILES string of the molecule is COc1ccccc1NC(=O)COC(=O)/C=C/c1sccc1C. The van der Waals surface area contributed by atoms with Gasteiger partial charge in [0.25, 0.3) is 5.91 Å². The van der Waals surface area contributed by atoms with Crippen LogP contribution in [0, 0.1) is 6.92 Å². The van der Waals surface area contributed by atoms with E-state index < -0.39 is 11.9 Å². The summed E-state index contributed by atoms with van der Waals surface area (Å²) in [5, 5.41) is 4.58. The molecule has 0 aliphatic heterocycles. The zero-order valence-electron chi connectivity index (χ0n) is 12.9. The third-order valence-electron chi connectivity index (χ3n) is 3.00. The van der Waals surface area contributed by atoms with Crippen molar-refractivity contribution in [1.82, 2.24) is 0 Å². The van der Waals surface area contributed by atoms with E-state index in [2.05, 4.69) is 5.32 Å². The van der Waals surface area contributed by atoms with Crippen LogP contribution in [0.3, 0.4) is 0 Å². The summed E-state index contributed by atoms with van der Waals surface area (Å²) in [4.78, 5) is 24.4. The lowest BCUT2D eigenvalue weighted by Gasteiger charge is -2.09.